The van der Waals surface area contributed by atoms with Gasteiger partial charge in [0.2, 0.25) is 0 Å². The summed E-state index contributed by atoms with van der Waals surface area (Å²) in [4.78, 5) is 0.950. The first-order valence-electron chi connectivity index (χ1n) is 3.67. The number of hydrogen-bond acceptors (Lipinski definition) is 3. The molecule has 0 saturated heterocycles. The van der Waals surface area contributed by atoms with Gasteiger partial charge in [0, 0.05) is 0 Å². The molecule has 0 amide bonds. The first kappa shape index (κ1) is 9.61. The Morgan fingerprint density at radius 2 is 2.23 bits per heavy atom. The third-order valence-corrected chi connectivity index (χ3v) is 4.50. The van der Waals surface area contributed by atoms with Crippen molar-refractivity contribution in [3.8, 4) is 5.75 Å². The summed E-state index contributed by atoms with van der Waals surface area (Å²) in [5.41, 5.74) is 0. The Bertz CT molecular complexity index is 450. The van der Waals surface area contributed by atoms with Gasteiger partial charge in [-0.2, -0.15) is 0 Å². The number of thioether (sulfide) groups is 1. The zero-order valence-corrected chi connectivity index (χ0v) is 10.7. The highest BCUT2D eigenvalue weighted by Gasteiger charge is 2.08. The van der Waals surface area contributed by atoms with Crippen LogP contribution in [-0.4, -0.2) is 11.4 Å². The highest BCUT2D eigenvalue weighted by Crippen LogP contribution is 2.39. The highest BCUT2D eigenvalue weighted by molar-refractivity contribution is 14.1. The number of halogens is 1. The van der Waals surface area contributed by atoms with Gasteiger partial charge in [-0.25, -0.2) is 0 Å². The molecule has 1 aromatic carbocycles. The summed E-state index contributed by atoms with van der Waals surface area (Å²) in [6, 6.07) is 6.11. The van der Waals surface area contributed by atoms with Crippen molar-refractivity contribution in [2.24, 2.45) is 0 Å². The summed E-state index contributed by atoms with van der Waals surface area (Å²) in [7, 11) is 0. The van der Waals surface area contributed by atoms with Gasteiger partial charge >= 0.3 is 0 Å². The van der Waals surface area contributed by atoms with Gasteiger partial charge in [-0.3, -0.25) is 0 Å². The highest BCUT2D eigenvalue weighted by atomic mass is 127. The number of aromatic hydroxyl groups is 1. The number of fused-ring (bicyclic) bond motifs is 1. The SMILES string of the molecule is CSc1ccc2cc(I)sc2c1O. The van der Waals surface area contributed by atoms with Gasteiger partial charge in [0.15, 0.2) is 0 Å². The molecular weight excluding hydrogens is 315 g/mol. The smallest absolute Gasteiger partial charge is 0.146 e. The van der Waals surface area contributed by atoms with Crippen LogP contribution in [0.1, 0.15) is 0 Å². The van der Waals surface area contributed by atoms with Crippen LogP contribution in [-0.2, 0) is 0 Å². The lowest BCUT2D eigenvalue weighted by atomic mass is 10.2. The summed E-state index contributed by atoms with van der Waals surface area (Å²) in [6.07, 6.45) is 1.97. The van der Waals surface area contributed by atoms with Crippen molar-refractivity contribution in [2.75, 3.05) is 6.26 Å². The van der Waals surface area contributed by atoms with Gasteiger partial charge in [-0.1, -0.05) is 6.07 Å². The maximum Gasteiger partial charge on any atom is 0.146 e. The van der Waals surface area contributed by atoms with E-state index in [1.165, 1.54) is 2.88 Å². The Labute approximate surface area is 98.3 Å². The Balaban J connectivity index is 2.78. The number of hydrogen-bond donors (Lipinski definition) is 1. The maximum atomic E-state index is 9.85. The van der Waals surface area contributed by atoms with E-state index in [0.717, 1.165) is 15.0 Å². The van der Waals surface area contributed by atoms with Gasteiger partial charge in [0.25, 0.3) is 0 Å². The van der Waals surface area contributed by atoms with Crippen LogP contribution in [0.2, 0.25) is 0 Å². The summed E-state index contributed by atoms with van der Waals surface area (Å²) in [5, 5.41) is 11.0. The summed E-state index contributed by atoms with van der Waals surface area (Å²) >= 11 is 5.48. The molecule has 0 radical (unpaired) electrons. The first-order chi connectivity index (χ1) is 6.22. The third kappa shape index (κ3) is 1.67. The minimum atomic E-state index is 0.429. The lowest BCUT2D eigenvalue weighted by Gasteiger charge is -2.00. The van der Waals surface area contributed by atoms with E-state index >= 15 is 0 Å². The predicted molar refractivity (Wildman–Crippen MR) is 68.0 cm³/mol. The van der Waals surface area contributed by atoms with Crippen LogP contribution in [0.5, 0.6) is 5.75 Å². The van der Waals surface area contributed by atoms with E-state index in [1.807, 2.05) is 12.3 Å². The van der Waals surface area contributed by atoms with Crippen molar-refractivity contribution in [2.45, 2.75) is 4.90 Å². The minimum absolute atomic E-state index is 0.429. The van der Waals surface area contributed by atoms with Crippen LogP contribution in [0.4, 0.5) is 0 Å². The zero-order chi connectivity index (χ0) is 9.42. The molecule has 0 aliphatic carbocycles. The van der Waals surface area contributed by atoms with Crippen molar-refractivity contribution < 1.29 is 5.11 Å². The molecule has 0 atom stereocenters. The van der Waals surface area contributed by atoms with Crippen LogP contribution in [0, 0.1) is 2.88 Å². The molecule has 0 fully saturated rings. The van der Waals surface area contributed by atoms with Crippen molar-refractivity contribution in [3.05, 3.63) is 21.1 Å². The van der Waals surface area contributed by atoms with Crippen molar-refractivity contribution in [3.63, 3.8) is 0 Å². The number of thiophene rings is 1. The fraction of sp³-hybridized carbons (Fsp3) is 0.111. The standard InChI is InChI=1S/C9H7IOS2/c1-12-6-3-2-5-4-7(10)13-9(5)8(6)11/h2-4,11H,1H3. The van der Waals surface area contributed by atoms with Crippen molar-refractivity contribution in [1.29, 1.82) is 0 Å². The second-order valence-corrected chi connectivity index (χ2v) is 6.38. The topological polar surface area (TPSA) is 20.2 Å². The average molecular weight is 322 g/mol. The minimum Gasteiger partial charge on any atom is -0.505 e. The summed E-state index contributed by atoms with van der Waals surface area (Å²) in [6.45, 7) is 0. The molecule has 0 aliphatic rings. The third-order valence-electron chi connectivity index (χ3n) is 1.81. The predicted octanol–water partition coefficient (Wildman–Crippen LogP) is 3.93. The Kier molecular flexibility index (Phi) is 2.71. The fourth-order valence-electron chi connectivity index (χ4n) is 1.20. The normalized spacial score (nSPS) is 10.9. The Morgan fingerprint density at radius 1 is 1.46 bits per heavy atom. The van der Waals surface area contributed by atoms with E-state index < -0.39 is 0 Å². The molecule has 2 rings (SSSR count). The Hall–Kier alpha value is 0.0600. The van der Waals surface area contributed by atoms with Crippen LogP contribution in [0.25, 0.3) is 10.1 Å². The second-order valence-electron chi connectivity index (χ2n) is 2.59. The van der Waals surface area contributed by atoms with Crippen molar-refractivity contribution in [1.82, 2.24) is 0 Å². The monoisotopic (exact) mass is 322 g/mol. The van der Waals surface area contributed by atoms with E-state index in [4.69, 9.17) is 0 Å². The quantitative estimate of drug-likeness (QED) is 0.634. The van der Waals surface area contributed by atoms with Gasteiger partial charge in [-0.05, 0) is 46.4 Å². The van der Waals surface area contributed by atoms with Crippen LogP contribution >= 0.6 is 45.7 Å². The van der Waals surface area contributed by atoms with Gasteiger partial charge in [0.05, 0.1) is 12.5 Å². The van der Waals surface area contributed by atoms with Crippen LogP contribution in [0.15, 0.2) is 23.1 Å². The number of phenols is 1. The number of phenolic OH excluding ortho intramolecular Hbond substituents is 1. The van der Waals surface area contributed by atoms with Gasteiger partial charge in [-0.15, -0.1) is 23.1 Å². The molecule has 4 heteroatoms. The van der Waals surface area contributed by atoms with Gasteiger partial charge in [0.1, 0.15) is 5.75 Å². The largest absolute Gasteiger partial charge is 0.505 e. The fourth-order valence-corrected chi connectivity index (χ4v) is 3.60. The molecule has 1 heterocycles. The average Bonchev–Trinajstić information content (AvgIpc) is 2.47. The van der Waals surface area contributed by atoms with Gasteiger partial charge < -0.3 is 5.11 Å². The number of rotatable bonds is 1. The number of benzene rings is 1. The molecule has 0 aliphatic heterocycles. The summed E-state index contributed by atoms with van der Waals surface area (Å²) in [5.74, 6) is 0.429. The molecule has 0 unspecified atom stereocenters. The molecule has 1 nitrogen and oxygen atoms in total. The van der Waals surface area contributed by atoms with E-state index in [2.05, 4.69) is 34.7 Å². The first-order valence-corrected chi connectivity index (χ1v) is 6.79. The van der Waals surface area contributed by atoms with Crippen LogP contribution in [0.3, 0.4) is 0 Å². The lowest BCUT2D eigenvalue weighted by molar-refractivity contribution is 0.470. The lowest BCUT2D eigenvalue weighted by Crippen LogP contribution is -1.71. The molecule has 68 valence electrons. The van der Waals surface area contributed by atoms with Crippen LogP contribution < -0.4 is 0 Å². The molecule has 2 aromatic rings. The second kappa shape index (κ2) is 3.67. The van der Waals surface area contributed by atoms with E-state index in [-0.39, 0.29) is 0 Å². The summed E-state index contributed by atoms with van der Waals surface area (Å²) < 4.78 is 2.21. The zero-order valence-electron chi connectivity index (χ0n) is 6.87. The molecular formula is C9H7IOS2. The Morgan fingerprint density at radius 3 is 2.92 bits per heavy atom. The molecule has 1 N–H and O–H groups in total. The van der Waals surface area contributed by atoms with Crippen molar-refractivity contribution >= 4 is 55.8 Å². The van der Waals surface area contributed by atoms with E-state index in [1.54, 1.807) is 23.1 Å². The molecule has 0 bridgehead atoms. The maximum absolute atomic E-state index is 9.85. The molecule has 1 aromatic heterocycles. The molecule has 0 saturated carbocycles. The van der Waals surface area contributed by atoms with E-state index in [9.17, 15) is 5.11 Å². The molecule has 0 spiro atoms. The van der Waals surface area contributed by atoms with E-state index in [0.29, 0.717) is 5.75 Å². The molecule has 13 heavy (non-hydrogen) atoms.